The Hall–Kier alpha value is -3.15. The molecule has 5 rings (SSSR count). The lowest BCUT2D eigenvalue weighted by Gasteiger charge is -2.14. The molecule has 1 aliphatic rings. The number of nitrogens with zero attached hydrogens (tertiary/aromatic N) is 2. The third kappa shape index (κ3) is 4.14. The number of thiocarbonyl (C=S) groups is 1. The Balaban J connectivity index is 1.47. The highest BCUT2D eigenvalue weighted by molar-refractivity contribution is 8.26. The lowest BCUT2D eigenvalue weighted by Crippen LogP contribution is -2.27. The summed E-state index contributed by atoms with van der Waals surface area (Å²) in [5, 5.41) is 1.13. The van der Waals surface area contributed by atoms with E-state index in [2.05, 4.69) is 60.2 Å². The van der Waals surface area contributed by atoms with Crippen molar-refractivity contribution in [1.82, 2.24) is 9.47 Å². The predicted molar refractivity (Wildman–Crippen MR) is 137 cm³/mol. The zero-order valence-corrected chi connectivity index (χ0v) is 19.3. The normalized spacial score (nSPS) is 15.3. The molecule has 0 spiro atoms. The fourth-order valence-electron chi connectivity index (χ4n) is 4.07. The second-order valence-electron chi connectivity index (χ2n) is 7.97. The minimum absolute atomic E-state index is 0.0284. The van der Waals surface area contributed by atoms with Crippen molar-refractivity contribution in [2.45, 2.75) is 20.0 Å². The largest absolute Gasteiger partial charge is 0.342 e. The van der Waals surface area contributed by atoms with Crippen LogP contribution in [-0.2, 0) is 17.9 Å². The smallest absolute Gasteiger partial charge is 0.266 e. The highest BCUT2D eigenvalue weighted by atomic mass is 32.2. The monoisotopic (exact) mass is 454 g/mol. The lowest BCUT2D eigenvalue weighted by atomic mass is 10.1. The van der Waals surface area contributed by atoms with Crippen LogP contribution in [0.5, 0.6) is 0 Å². The molecule has 158 valence electrons. The van der Waals surface area contributed by atoms with Crippen molar-refractivity contribution >= 4 is 51.2 Å². The minimum Gasteiger partial charge on any atom is -0.342 e. The van der Waals surface area contributed by atoms with Gasteiger partial charge in [0.15, 0.2) is 0 Å². The molecule has 1 fully saturated rings. The quantitative estimate of drug-likeness (QED) is 0.258. The Labute approximate surface area is 197 Å². The van der Waals surface area contributed by atoms with Crippen molar-refractivity contribution < 1.29 is 4.79 Å². The van der Waals surface area contributed by atoms with Gasteiger partial charge >= 0.3 is 0 Å². The number of para-hydroxylation sites is 1. The van der Waals surface area contributed by atoms with Gasteiger partial charge < -0.3 is 4.57 Å². The first-order valence-corrected chi connectivity index (χ1v) is 11.7. The van der Waals surface area contributed by atoms with E-state index < -0.39 is 0 Å². The van der Waals surface area contributed by atoms with E-state index in [0.29, 0.717) is 15.8 Å². The van der Waals surface area contributed by atoms with Crippen LogP contribution in [0, 0.1) is 6.92 Å². The van der Waals surface area contributed by atoms with Gasteiger partial charge in [0.25, 0.3) is 5.91 Å². The molecule has 3 aromatic carbocycles. The van der Waals surface area contributed by atoms with Crippen molar-refractivity contribution in [3.8, 4) is 0 Å². The van der Waals surface area contributed by atoms with Gasteiger partial charge in [-0.15, -0.1) is 0 Å². The second kappa shape index (κ2) is 8.77. The minimum atomic E-state index is -0.0284. The van der Waals surface area contributed by atoms with E-state index in [1.165, 1.54) is 22.9 Å². The first-order valence-electron chi connectivity index (χ1n) is 10.5. The molecule has 0 radical (unpaired) electrons. The molecular weight excluding hydrogens is 432 g/mol. The van der Waals surface area contributed by atoms with Gasteiger partial charge in [-0.2, -0.15) is 0 Å². The number of hydrogen-bond acceptors (Lipinski definition) is 3. The highest BCUT2D eigenvalue weighted by Crippen LogP contribution is 2.35. The summed E-state index contributed by atoms with van der Waals surface area (Å²) in [6.45, 7) is 3.39. The maximum Gasteiger partial charge on any atom is 0.266 e. The lowest BCUT2D eigenvalue weighted by molar-refractivity contribution is -0.122. The molecule has 0 aliphatic carbocycles. The van der Waals surface area contributed by atoms with Gasteiger partial charge in [0.05, 0.1) is 11.4 Å². The molecule has 32 heavy (non-hydrogen) atoms. The number of aryl methyl sites for hydroxylation is 1. The SMILES string of the molecule is Cc1cccc(Cn2cc(C=C3SC(=S)N(Cc4ccccc4)C3=O)c3ccccc32)c1. The first-order chi connectivity index (χ1) is 15.6. The van der Waals surface area contributed by atoms with E-state index in [-0.39, 0.29) is 5.91 Å². The highest BCUT2D eigenvalue weighted by Gasteiger charge is 2.32. The molecular formula is C27H22N2OS2. The van der Waals surface area contributed by atoms with Crippen LogP contribution in [0.1, 0.15) is 22.3 Å². The third-order valence-corrected chi connectivity index (χ3v) is 6.98. The van der Waals surface area contributed by atoms with E-state index in [9.17, 15) is 4.79 Å². The Morgan fingerprint density at radius 3 is 2.47 bits per heavy atom. The summed E-state index contributed by atoms with van der Waals surface area (Å²) in [6.07, 6.45) is 4.12. The van der Waals surface area contributed by atoms with Gasteiger partial charge in [-0.05, 0) is 30.2 Å². The van der Waals surface area contributed by atoms with E-state index in [4.69, 9.17) is 12.2 Å². The first kappa shape index (κ1) is 20.7. The molecule has 3 nitrogen and oxygen atoms in total. The zero-order valence-electron chi connectivity index (χ0n) is 17.7. The Bertz CT molecular complexity index is 1350. The maximum atomic E-state index is 13.1. The molecule has 0 bridgehead atoms. The van der Waals surface area contributed by atoms with Gasteiger partial charge in [-0.1, -0.05) is 102 Å². The fraction of sp³-hybridized carbons (Fsp3) is 0.111. The van der Waals surface area contributed by atoms with Gasteiger partial charge in [0, 0.05) is 29.2 Å². The number of fused-ring (bicyclic) bond motifs is 1. The summed E-state index contributed by atoms with van der Waals surface area (Å²) >= 11 is 6.91. The predicted octanol–water partition coefficient (Wildman–Crippen LogP) is 6.40. The molecule has 1 saturated heterocycles. The summed E-state index contributed by atoms with van der Waals surface area (Å²) < 4.78 is 2.86. The number of thioether (sulfide) groups is 1. The molecule has 4 aromatic rings. The molecule has 1 aromatic heterocycles. The van der Waals surface area contributed by atoms with Crippen LogP contribution in [-0.4, -0.2) is 19.7 Å². The van der Waals surface area contributed by atoms with Gasteiger partial charge in [0.2, 0.25) is 0 Å². The molecule has 2 heterocycles. The molecule has 1 amide bonds. The average Bonchev–Trinajstić information content (AvgIpc) is 3.27. The summed E-state index contributed by atoms with van der Waals surface area (Å²) in [4.78, 5) is 15.5. The van der Waals surface area contributed by atoms with Crippen LogP contribution in [0.2, 0.25) is 0 Å². The van der Waals surface area contributed by atoms with Crippen molar-refractivity contribution in [2.24, 2.45) is 0 Å². The second-order valence-corrected chi connectivity index (χ2v) is 9.65. The van der Waals surface area contributed by atoms with Crippen molar-refractivity contribution in [3.05, 3.63) is 112 Å². The van der Waals surface area contributed by atoms with E-state index in [1.807, 2.05) is 42.5 Å². The summed E-state index contributed by atoms with van der Waals surface area (Å²) in [5.41, 5.74) is 5.76. The van der Waals surface area contributed by atoms with Crippen LogP contribution in [0.15, 0.2) is 90.0 Å². The number of amides is 1. The topological polar surface area (TPSA) is 25.2 Å². The van der Waals surface area contributed by atoms with Crippen molar-refractivity contribution in [1.29, 1.82) is 0 Å². The molecule has 0 N–H and O–H groups in total. The van der Waals surface area contributed by atoms with Crippen LogP contribution in [0.3, 0.4) is 0 Å². The molecule has 0 atom stereocenters. The molecule has 5 heteroatoms. The number of rotatable bonds is 5. The van der Waals surface area contributed by atoms with Crippen LogP contribution < -0.4 is 0 Å². The number of carbonyl (C=O) groups excluding carboxylic acids is 1. The fourth-order valence-corrected chi connectivity index (χ4v) is 5.32. The van der Waals surface area contributed by atoms with Crippen molar-refractivity contribution in [2.75, 3.05) is 0 Å². The zero-order chi connectivity index (χ0) is 22.1. The van der Waals surface area contributed by atoms with E-state index in [1.54, 1.807) is 4.90 Å². The van der Waals surface area contributed by atoms with Crippen LogP contribution in [0.4, 0.5) is 0 Å². The maximum absolute atomic E-state index is 13.1. The van der Waals surface area contributed by atoms with Gasteiger partial charge in [-0.3, -0.25) is 9.69 Å². The van der Waals surface area contributed by atoms with E-state index in [0.717, 1.165) is 28.6 Å². The molecule has 0 saturated carbocycles. The average molecular weight is 455 g/mol. The summed E-state index contributed by atoms with van der Waals surface area (Å²) in [6, 6.07) is 26.9. The third-order valence-electron chi connectivity index (χ3n) is 5.60. The molecule has 0 unspecified atom stereocenters. The van der Waals surface area contributed by atoms with Gasteiger partial charge in [0.1, 0.15) is 4.32 Å². The number of benzene rings is 3. The Morgan fingerprint density at radius 2 is 1.66 bits per heavy atom. The van der Waals surface area contributed by atoms with Crippen LogP contribution in [0.25, 0.3) is 17.0 Å². The number of carbonyl (C=O) groups is 1. The number of hydrogen-bond donors (Lipinski definition) is 0. The Kier molecular flexibility index (Phi) is 5.68. The number of aromatic nitrogens is 1. The van der Waals surface area contributed by atoms with Crippen molar-refractivity contribution in [3.63, 3.8) is 0 Å². The van der Waals surface area contributed by atoms with Gasteiger partial charge in [-0.25, -0.2) is 0 Å². The Morgan fingerprint density at radius 1 is 0.906 bits per heavy atom. The van der Waals surface area contributed by atoms with E-state index >= 15 is 0 Å². The summed E-state index contributed by atoms with van der Waals surface area (Å²) in [7, 11) is 0. The van der Waals surface area contributed by atoms with Crippen LogP contribution >= 0.6 is 24.0 Å². The summed E-state index contributed by atoms with van der Waals surface area (Å²) in [5.74, 6) is -0.0284. The standard InChI is InChI=1S/C27H22N2OS2/c1-19-8-7-11-21(14-19)16-28-18-22(23-12-5-6-13-24(23)28)15-25-26(30)29(27(31)32-25)17-20-9-3-2-4-10-20/h2-15,18H,16-17H2,1H3. The molecule has 1 aliphatic heterocycles.